The second kappa shape index (κ2) is 5.91. The van der Waals surface area contributed by atoms with Crippen LogP contribution in [0.3, 0.4) is 0 Å². The van der Waals surface area contributed by atoms with Gasteiger partial charge in [0.1, 0.15) is 9.88 Å². The van der Waals surface area contributed by atoms with Crippen molar-refractivity contribution in [1.29, 1.82) is 0 Å². The Kier molecular flexibility index (Phi) is 3.98. The Morgan fingerprint density at radius 1 is 1.48 bits per heavy atom. The number of aromatic nitrogens is 2. The van der Waals surface area contributed by atoms with Crippen LogP contribution in [0.5, 0.6) is 0 Å². The lowest BCUT2D eigenvalue weighted by Crippen LogP contribution is -2.52. The van der Waals surface area contributed by atoms with Crippen molar-refractivity contribution in [3.63, 3.8) is 0 Å². The summed E-state index contributed by atoms with van der Waals surface area (Å²) in [5.74, 6) is 0.0844. The molecule has 0 radical (unpaired) electrons. The molecule has 1 aliphatic rings. The molecule has 21 heavy (non-hydrogen) atoms. The van der Waals surface area contributed by atoms with E-state index in [-0.39, 0.29) is 11.9 Å². The number of nitrogens with one attached hydrogen (secondary N) is 1. The summed E-state index contributed by atoms with van der Waals surface area (Å²) in [6.45, 7) is 6.40. The monoisotopic (exact) mass is 302 g/mol. The molecule has 0 saturated carbocycles. The number of piperazine rings is 1. The molecule has 0 aromatic carbocycles. The quantitative estimate of drug-likeness (QED) is 0.921. The van der Waals surface area contributed by atoms with Gasteiger partial charge in [-0.15, -0.1) is 11.3 Å². The molecule has 1 atom stereocenters. The Morgan fingerprint density at radius 2 is 2.33 bits per heavy atom. The molecule has 110 valence electrons. The van der Waals surface area contributed by atoms with Crippen molar-refractivity contribution in [2.75, 3.05) is 19.6 Å². The maximum Gasteiger partial charge on any atom is 0.266 e. The van der Waals surface area contributed by atoms with E-state index in [4.69, 9.17) is 0 Å². The van der Waals surface area contributed by atoms with Crippen molar-refractivity contribution >= 4 is 17.2 Å². The molecule has 3 heterocycles. The summed E-state index contributed by atoms with van der Waals surface area (Å²) in [7, 11) is 0. The number of carbonyl (C=O) groups excluding carboxylic acids is 1. The summed E-state index contributed by atoms with van der Waals surface area (Å²) in [6.07, 6.45) is 1.74. The first-order valence-corrected chi connectivity index (χ1v) is 7.89. The van der Waals surface area contributed by atoms with Gasteiger partial charge < -0.3 is 10.2 Å². The average Bonchev–Trinajstić information content (AvgIpc) is 2.90. The molecule has 0 aliphatic carbocycles. The van der Waals surface area contributed by atoms with E-state index in [0.717, 1.165) is 40.9 Å². The molecule has 1 saturated heterocycles. The molecule has 6 heteroatoms. The molecule has 0 unspecified atom stereocenters. The normalized spacial score (nSPS) is 18.8. The van der Waals surface area contributed by atoms with Crippen molar-refractivity contribution in [3.8, 4) is 10.7 Å². The molecule has 1 amide bonds. The Morgan fingerprint density at radius 3 is 3.05 bits per heavy atom. The lowest BCUT2D eigenvalue weighted by Gasteiger charge is -2.33. The van der Waals surface area contributed by atoms with Crippen LogP contribution in [0.25, 0.3) is 10.7 Å². The van der Waals surface area contributed by atoms with E-state index in [1.807, 2.05) is 30.0 Å². The number of aryl methyl sites for hydroxylation is 1. The Hall–Kier alpha value is -1.79. The number of thiazole rings is 1. The Balaban J connectivity index is 1.89. The third-order valence-corrected chi connectivity index (χ3v) is 4.80. The predicted molar refractivity (Wildman–Crippen MR) is 83.5 cm³/mol. The fourth-order valence-corrected chi connectivity index (χ4v) is 3.47. The first-order chi connectivity index (χ1) is 10.2. The van der Waals surface area contributed by atoms with Gasteiger partial charge in [-0.1, -0.05) is 6.07 Å². The molecule has 2 aromatic rings. The van der Waals surface area contributed by atoms with Crippen molar-refractivity contribution in [3.05, 3.63) is 35.0 Å². The zero-order chi connectivity index (χ0) is 14.8. The summed E-state index contributed by atoms with van der Waals surface area (Å²) in [6, 6.07) is 5.93. The zero-order valence-corrected chi connectivity index (χ0v) is 13.0. The van der Waals surface area contributed by atoms with Crippen LogP contribution >= 0.6 is 11.3 Å². The van der Waals surface area contributed by atoms with Crippen LogP contribution in [0.1, 0.15) is 22.3 Å². The summed E-state index contributed by atoms with van der Waals surface area (Å²) < 4.78 is 0. The van der Waals surface area contributed by atoms with Gasteiger partial charge in [0.15, 0.2) is 0 Å². The molecule has 3 rings (SSSR count). The lowest BCUT2D eigenvalue weighted by atomic mass is 10.2. The van der Waals surface area contributed by atoms with Gasteiger partial charge in [0.05, 0.1) is 11.4 Å². The van der Waals surface area contributed by atoms with Crippen LogP contribution in [0.4, 0.5) is 0 Å². The van der Waals surface area contributed by atoms with E-state index in [1.165, 1.54) is 11.3 Å². The second-order valence-corrected chi connectivity index (χ2v) is 6.20. The van der Waals surface area contributed by atoms with Crippen LogP contribution in [0, 0.1) is 6.92 Å². The molecule has 5 nitrogen and oxygen atoms in total. The van der Waals surface area contributed by atoms with Crippen molar-refractivity contribution in [1.82, 2.24) is 20.2 Å². The highest BCUT2D eigenvalue weighted by Crippen LogP contribution is 2.28. The fourth-order valence-electron chi connectivity index (χ4n) is 2.47. The van der Waals surface area contributed by atoms with E-state index in [2.05, 4.69) is 22.2 Å². The predicted octanol–water partition coefficient (Wildman–Crippen LogP) is 1.95. The largest absolute Gasteiger partial charge is 0.333 e. The van der Waals surface area contributed by atoms with E-state index >= 15 is 0 Å². The Labute approximate surface area is 128 Å². The number of carbonyl (C=O) groups is 1. The minimum Gasteiger partial charge on any atom is -0.333 e. The number of pyridine rings is 1. The standard InChI is InChI=1S/C15H18N4OS/c1-10-9-16-7-8-19(10)15(20)13-11(2)18-14(21-13)12-5-3-4-6-17-12/h3-6,10,16H,7-9H2,1-2H3/t10-/m0/s1. The zero-order valence-electron chi connectivity index (χ0n) is 12.2. The molecular weight excluding hydrogens is 284 g/mol. The number of hydrogen-bond acceptors (Lipinski definition) is 5. The topological polar surface area (TPSA) is 58.1 Å². The van der Waals surface area contributed by atoms with Crippen LogP contribution in [-0.2, 0) is 0 Å². The van der Waals surface area contributed by atoms with E-state index < -0.39 is 0 Å². The van der Waals surface area contributed by atoms with Gasteiger partial charge in [-0.25, -0.2) is 4.98 Å². The lowest BCUT2D eigenvalue weighted by molar-refractivity contribution is 0.0660. The van der Waals surface area contributed by atoms with Crippen molar-refractivity contribution in [2.45, 2.75) is 19.9 Å². The van der Waals surface area contributed by atoms with Crippen molar-refractivity contribution in [2.24, 2.45) is 0 Å². The molecule has 2 aromatic heterocycles. The van der Waals surface area contributed by atoms with Gasteiger partial charge in [0, 0.05) is 31.9 Å². The minimum absolute atomic E-state index is 0.0844. The van der Waals surface area contributed by atoms with Gasteiger partial charge >= 0.3 is 0 Å². The van der Waals surface area contributed by atoms with Gasteiger partial charge in [0.25, 0.3) is 5.91 Å². The van der Waals surface area contributed by atoms with Gasteiger partial charge in [-0.2, -0.15) is 0 Å². The van der Waals surface area contributed by atoms with Gasteiger partial charge in [-0.05, 0) is 26.0 Å². The molecule has 1 aliphatic heterocycles. The third kappa shape index (κ3) is 2.82. The fraction of sp³-hybridized carbons (Fsp3) is 0.400. The van der Waals surface area contributed by atoms with Crippen LogP contribution < -0.4 is 5.32 Å². The smallest absolute Gasteiger partial charge is 0.266 e. The first kappa shape index (κ1) is 14.2. The molecular formula is C15H18N4OS. The van der Waals surface area contributed by atoms with Crippen molar-refractivity contribution < 1.29 is 4.79 Å². The van der Waals surface area contributed by atoms with Crippen LogP contribution in [0.15, 0.2) is 24.4 Å². The SMILES string of the molecule is Cc1nc(-c2ccccn2)sc1C(=O)N1CCNC[C@@H]1C. The van der Waals surface area contributed by atoms with Gasteiger partial charge in [0.2, 0.25) is 0 Å². The average molecular weight is 302 g/mol. The van der Waals surface area contributed by atoms with Crippen LogP contribution in [-0.4, -0.2) is 46.5 Å². The van der Waals surface area contributed by atoms with Crippen LogP contribution in [0.2, 0.25) is 0 Å². The number of hydrogen-bond donors (Lipinski definition) is 1. The highest BCUT2D eigenvalue weighted by atomic mass is 32.1. The molecule has 0 bridgehead atoms. The van der Waals surface area contributed by atoms with E-state index in [9.17, 15) is 4.79 Å². The first-order valence-electron chi connectivity index (χ1n) is 7.07. The highest BCUT2D eigenvalue weighted by molar-refractivity contribution is 7.17. The number of nitrogens with zero attached hydrogens (tertiary/aromatic N) is 3. The Bertz CT molecular complexity index is 640. The van der Waals surface area contributed by atoms with E-state index in [0.29, 0.717) is 0 Å². The number of rotatable bonds is 2. The summed E-state index contributed by atoms with van der Waals surface area (Å²) in [5.41, 5.74) is 1.61. The molecule has 1 fully saturated rings. The molecule has 0 spiro atoms. The maximum atomic E-state index is 12.7. The number of amides is 1. The third-order valence-electron chi connectivity index (χ3n) is 3.64. The maximum absolute atomic E-state index is 12.7. The summed E-state index contributed by atoms with van der Waals surface area (Å²) in [4.78, 5) is 24.2. The van der Waals surface area contributed by atoms with Gasteiger partial charge in [-0.3, -0.25) is 9.78 Å². The minimum atomic E-state index is 0.0844. The summed E-state index contributed by atoms with van der Waals surface area (Å²) in [5, 5.41) is 4.11. The van der Waals surface area contributed by atoms with E-state index in [1.54, 1.807) is 6.20 Å². The second-order valence-electron chi connectivity index (χ2n) is 5.20. The summed E-state index contributed by atoms with van der Waals surface area (Å²) >= 11 is 1.43. The highest BCUT2D eigenvalue weighted by Gasteiger charge is 2.27. The molecule has 1 N–H and O–H groups in total.